The molecule has 3 aromatic heterocycles. The highest BCUT2D eigenvalue weighted by molar-refractivity contribution is 5.99. The number of anilines is 2. The van der Waals surface area contributed by atoms with Crippen molar-refractivity contribution in [2.45, 2.75) is 58.0 Å². The van der Waals surface area contributed by atoms with Crippen molar-refractivity contribution in [3.63, 3.8) is 0 Å². The van der Waals surface area contributed by atoms with Crippen LogP contribution in [-0.4, -0.2) is 31.5 Å². The first-order valence-corrected chi connectivity index (χ1v) is 14.8. The topological polar surface area (TPSA) is 128 Å². The number of aromatic nitrogens is 5. The van der Waals surface area contributed by atoms with E-state index in [1.165, 1.54) is 12.8 Å². The van der Waals surface area contributed by atoms with E-state index < -0.39 is 0 Å². The van der Waals surface area contributed by atoms with Gasteiger partial charge in [0.1, 0.15) is 17.8 Å². The van der Waals surface area contributed by atoms with Crippen LogP contribution in [0.3, 0.4) is 0 Å². The Labute approximate surface area is 250 Å². The number of fused-ring (bicyclic) bond motifs is 2. The summed E-state index contributed by atoms with van der Waals surface area (Å²) in [5.74, 6) is 0.691. The molecule has 0 bridgehead atoms. The maximum Gasteiger partial charge on any atom is 0.110 e. The Balaban J connectivity index is 1.36. The number of hydrogen-bond acceptors (Lipinski definition) is 8. The van der Waals surface area contributed by atoms with E-state index in [4.69, 9.17) is 5.10 Å². The summed E-state index contributed by atoms with van der Waals surface area (Å²) < 4.78 is 2.10. The van der Waals surface area contributed by atoms with Crippen molar-refractivity contribution in [3.8, 4) is 12.1 Å². The summed E-state index contributed by atoms with van der Waals surface area (Å²) >= 11 is 0. The van der Waals surface area contributed by atoms with Crippen LogP contribution in [0.15, 0.2) is 61.2 Å². The van der Waals surface area contributed by atoms with Gasteiger partial charge in [0, 0.05) is 41.6 Å². The lowest BCUT2D eigenvalue weighted by Gasteiger charge is -2.23. The molecule has 9 nitrogen and oxygen atoms in total. The van der Waals surface area contributed by atoms with Crippen LogP contribution in [0, 0.1) is 34.0 Å². The summed E-state index contributed by atoms with van der Waals surface area (Å²) in [6, 6.07) is 16.3. The molecule has 2 aliphatic carbocycles. The van der Waals surface area contributed by atoms with Gasteiger partial charge in [0.15, 0.2) is 0 Å². The van der Waals surface area contributed by atoms with Crippen molar-refractivity contribution in [2.24, 2.45) is 11.3 Å². The van der Waals surface area contributed by atoms with Gasteiger partial charge in [-0.3, -0.25) is 9.97 Å². The third-order valence-corrected chi connectivity index (χ3v) is 8.71. The van der Waals surface area contributed by atoms with Crippen LogP contribution in [0.5, 0.6) is 0 Å². The smallest absolute Gasteiger partial charge is 0.110 e. The number of nitrogens with one attached hydrogen (secondary N) is 2. The minimum Gasteiger partial charge on any atom is -0.383 e. The summed E-state index contributed by atoms with van der Waals surface area (Å²) in [6.07, 6.45) is 12.1. The molecule has 2 saturated carbocycles. The average Bonchev–Trinajstić information content (AvgIpc) is 3.95. The fourth-order valence-corrected chi connectivity index (χ4v) is 6.18. The Morgan fingerprint density at radius 3 is 2.58 bits per heavy atom. The number of nitrogens with zero attached hydrogens (tertiary/aromatic N) is 7. The molecule has 3 heterocycles. The van der Waals surface area contributed by atoms with E-state index in [9.17, 15) is 10.5 Å². The monoisotopic (exact) mass is 567 g/mol. The lowest BCUT2D eigenvalue weighted by atomic mass is 9.96. The van der Waals surface area contributed by atoms with Gasteiger partial charge < -0.3 is 10.6 Å². The van der Waals surface area contributed by atoms with Crippen LogP contribution >= 0.6 is 0 Å². The molecule has 0 amide bonds. The molecule has 2 aromatic carbocycles. The highest BCUT2D eigenvalue weighted by Crippen LogP contribution is 2.59. The summed E-state index contributed by atoms with van der Waals surface area (Å²) in [4.78, 5) is 8.85. The molecule has 2 N–H and O–H groups in total. The highest BCUT2D eigenvalue weighted by Gasteiger charge is 2.56. The molecule has 2 fully saturated rings. The van der Waals surface area contributed by atoms with Crippen molar-refractivity contribution in [1.29, 1.82) is 10.5 Å². The molecule has 5 aromatic rings. The standard InChI is InChI=1S/C34H33N9/c1-33(2,3)20-39-31-23(16-36)18-38-30-22(15-35)13-25(14-28(30)31)40-32(27-6-4-5-21-17-37-12-9-26(21)27)29-19-43(42-41-29)34(10-11-34)24-7-8-24/h4-6,9,12-14,17-19,24,32,40H,7-8,10-11,20H2,1-3H3,(H,38,39)/t32-/m0/s1. The predicted octanol–water partition coefficient (Wildman–Crippen LogP) is 6.68. The lowest BCUT2D eigenvalue weighted by molar-refractivity contribution is 0.371. The largest absolute Gasteiger partial charge is 0.383 e. The molecule has 2 aliphatic rings. The third kappa shape index (κ3) is 4.91. The summed E-state index contributed by atoms with van der Waals surface area (Å²) in [5, 5.41) is 39.5. The molecule has 0 saturated heterocycles. The fraction of sp³-hybridized carbons (Fsp3) is 0.353. The molecule has 0 radical (unpaired) electrons. The van der Waals surface area contributed by atoms with Gasteiger partial charge >= 0.3 is 0 Å². The second-order valence-corrected chi connectivity index (χ2v) is 13.1. The minimum absolute atomic E-state index is 0.0181. The Kier molecular flexibility index (Phi) is 6.28. The normalized spacial score (nSPS) is 16.4. The molecule has 0 unspecified atom stereocenters. The quantitative estimate of drug-likeness (QED) is 0.213. The van der Waals surface area contributed by atoms with Crippen molar-refractivity contribution in [3.05, 3.63) is 83.6 Å². The number of nitriles is 2. The van der Waals surface area contributed by atoms with Gasteiger partial charge in [-0.05, 0) is 66.2 Å². The minimum atomic E-state index is -0.350. The van der Waals surface area contributed by atoms with E-state index in [1.54, 1.807) is 12.4 Å². The van der Waals surface area contributed by atoms with E-state index in [2.05, 4.69) is 81.7 Å². The first-order chi connectivity index (χ1) is 20.8. The van der Waals surface area contributed by atoms with Crippen LogP contribution in [0.2, 0.25) is 0 Å². The van der Waals surface area contributed by atoms with Crippen LogP contribution in [-0.2, 0) is 5.54 Å². The maximum absolute atomic E-state index is 10.2. The number of rotatable bonds is 8. The van der Waals surface area contributed by atoms with Gasteiger partial charge in [0.2, 0.25) is 0 Å². The summed E-state index contributed by atoms with van der Waals surface area (Å²) in [7, 11) is 0. The zero-order valence-electron chi connectivity index (χ0n) is 24.6. The van der Waals surface area contributed by atoms with E-state index in [0.29, 0.717) is 34.8 Å². The van der Waals surface area contributed by atoms with Crippen LogP contribution < -0.4 is 10.6 Å². The molecule has 214 valence electrons. The maximum atomic E-state index is 10.2. The van der Waals surface area contributed by atoms with Gasteiger partial charge in [-0.1, -0.05) is 44.2 Å². The van der Waals surface area contributed by atoms with Gasteiger partial charge in [0.05, 0.1) is 40.1 Å². The molecule has 1 atom stereocenters. The predicted molar refractivity (Wildman–Crippen MR) is 166 cm³/mol. The van der Waals surface area contributed by atoms with E-state index in [0.717, 1.165) is 45.9 Å². The second kappa shape index (κ2) is 10.1. The van der Waals surface area contributed by atoms with Crippen molar-refractivity contribution < 1.29 is 0 Å². The fourth-order valence-electron chi connectivity index (χ4n) is 6.18. The number of hydrogen-bond donors (Lipinski definition) is 2. The molecular weight excluding hydrogens is 534 g/mol. The number of benzene rings is 2. The Bertz CT molecular complexity index is 1940. The molecule has 43 heavy (non-hydrogen) atoms. The Hall–Kier alpha value is -5.02. The van der Waals surface area contributed by atoms with Gasteiger partial charge in [-0.25, -0.2) is 4.68 Å². The van der Waals surface area contributed by atoms with Gasteiger partial charge in [0.25, 0.3) is 0 Å². The third-order valence-electron chi connectivity index (χ3n) is 8.71. The molecule has 0 spiro atoms. The molecule has 9 heteroatoms. The zero-order valence-corrected chi connectivity index (χ0v) is 24.6. The van der Waals surface area contributed by atoms with Crippen molar-refractivity contribution in [1.82, 2.24) is 25.0 Å². The summed E-state index contributed by atoms with van der Waals surface area (Å²) in [6.45, 7) is 7.06. The summed E-state index contributed by atoms with van der Waals surface area (Å²) in [5.41, 5.74) is 4.78. The molecule has 7 rings (SSSR count). The van der Waals surface area contributed by atoms with Crippen molar-refractivity contribution >= 4 is 33.1 Å². The van der Waals surface area contributed by atoms with Crippen LogP contribution in [0.25, 0.3) is 21.7 Å². The second-order valence-electron chi connectivity index (χ2n) is 13.1. The van der Waals surface area contributed by atoms with Crippen LogP contribution in [0.4, 0.5) is 11.4 Å². The molecule has 0 aliphatic heterocycles. The van der Waals surface area contributed by atoms with Crippen LogP contribution in [0.1, 0.15) is 74.9 Å². The van der Waals surface area contributed by atoms with E-state index >= 15 is 0 Å². The highest BCUT2D eigenvalue weighted by atomic mass is 15.5. The number of pyridine rings is 2. The Morgan fingerprint density at radius 2 is 1.86 bits per heavy atom. The van der Waals surface area contributed by atoms with E-state index in [-0.39, 0.29) is 17.0 Å². The SMILES string of the molecule is CC(C)(C)CNc1c(C#N)cnc2c(C#N)cc(N[C@H](c3cn(C4(C5CC5)CC4)nn3)c3cccc4cnccc34)cc12. The zero-order chi connectivity index (χ0) is 29.8. The first kappa shape index (κ1) is 26.9. The van der Waals surface area contributed by atoms with Crippen molar-refractivity contribution in [2.75, 3.05) is 17.2 Å². The van der Waals surface area contributed by atoms with E-state index in [1.807, 2.05) is 30.5 Å². The van der Waals surface area contributed by atoms with Gasteiger partial charge in [-0.2, -0.15) is 10.5 Å². The average molecular weight is 568 g/mol. The Morgan fingerprint density at radius 1 is 1.05 bits per heavy atom. The molecular formula is C34H33N9. The van der Waals surface area contributed by atoms with Gasteiger partial charge in [-0.15, -0.1) is 5.10 Å². The first-order valence-electron chi connectivity index (χ1n) is 14.8. The lowest BCUT2D eigenvalue weighted by Crippen LogP contribution is -2.20.